The molecule has 0 aliphatic carbocycles. The van der Waals surface area contributed by atoms with Gasteiger partial charge in [-0.3, -0.25) is 0 Å². The summed E-state index contributed by atoms with van der Waals surface area (Å²) in [4.78, 5) is 0. The molecule has 0 radical (unpaired) electrons. The van der Waals surface area contributed by atoms with Crippen molar-refractivity contribution in [2.45, 2.75) is 37.6 Å². The average molecular weight is 455 g/mol. The minimum atomic E-state index is 0.815. The third-order valence-electron chi connectivity index (χ3n) is 4.00. The fourth-order valence-corrected chi connectivity index (χ4v) is 3.73. The Bertz CT molecular complexity index is 946. The van der Waals surface area contributed by atoms with Crippen molar-refractivity contribution in [3.05, 3.63) is 81.6 Å². The highest BCUT2D eigenvalue weighted by Gasteiger charge is 2.11. The second kappa shape index (κ2) is 10.4. The number of nitrogens with zero attached hydrogens (tertiary/aromatic N) is 4. The zero-order valence-corrected chi connectivity index (χ0v) is 18.4. The third kappa shape index (κ3) is 5.91. The predicted molar refractivity (Wildman–Crippen MR) is 122 cm³/mol. The maximum atomic E-state index is 4.68. The first-order chi connectivity index (χ1) is 13.7. The zero-order valence-electron chi connectivity index (χ0n) is 16.0. The lowest BCUT2D eigenvalue weighted by Crippen LogP contribution is -2.00. The summed E-state index contributed by atoms with van der Waals surface area (Å²) in [6.07, 6.45) is 5.84. The number of allylic oxidation sites excluding steroid dienone is 1. The molecule has 0 saturated heterocycles. The van der Waals surface area contributed by atoms with Crippen molar-refractivity contribution in [3.63, 3.8) is 0 Å². The molecule has 0 N–H and O–H groups in total. The van der Waals surface area contributed by atoms with Crippen molar-refractivity contribution >= 4 is 40.0 Å². The first-order valence-electron chi connectivity index (χ1n) is 9.25. The summed E-state index contributed by atoms with van der Waals surface area (Å²) in [6, 6.07) is 18.6. The molecule has 0 saturated carbocycles. The van der Waals surface area contributed by atoms with Gasteiger partial charge in [-0.25, -0.2) is 0 Å². The van der Waals surface area contributed by atoms with E-state index in [2.05, 4.69) is 87.6 Å². The fraction of sp³-hybridized carbons (Fsp3) is 0.227. The summed E-state index contributed by atoms with van der Waals surface area (Å²) in [5, 5.41) is 14.2. The van der Waals surface area contributed by atoms with E-state index in [1.807, 2.05) is 29.1 Å². The Morgan fingerprint density at radius 3 is 2.57 bits per heavy atom. The number of halogens is 1. The van der Waals surface area contributed by atoms with Gasteiger partial charge in [0.1, 0.15) is 0 Å². The number of aromatic nitrogens is 3. The molecule has 1 heterocycles. The van der Waals surface area contributed by atoms with E-state index in [9.17, 15) is 0 Å². The van der Waals surface area contributed by atoms with Gasteiger partial charge in [0.05, 0.1) is 6.21 Å². The van der Waals surface area contributed by atoms with Crippen LogP contribution in [0.1, 0.15) is 37.2 Å². The summed E-state index contributed by atoms with van der Waals surface area (Å²) in [5.74, 6) is 1.72. The third-order valence-corrected chi connectivity index (χ3v) is 5.52. The molecule has 0 amide bonds. The van der Waals surface area contributed by atoms with Crippen LogP contribution < -0.4 is 0 Å². The minimum Gasteiger partial charge on any atom is -0.191 e. The van der Waals surface area contributed by atoms with Crippen molar-refractivity contribution in [1.29, 1.82) is 0 Å². The number of aryl methyl sites for hydroxylation is 1. The Morgan fingerprint density at radius 2 is 1.86 bits per heavy atom. The largest absolute Gasteiger partial charge is 0.212 e. The zero-order chi connectivity index (χ0) is 19.8. The molecular weight excluding hydrogens is 432 g/mol. The Hall–Kier alpha value is -2.18. The molecular formula is C22H23BrN4S. The van der Waals surface area contributed by atoms with Crippen LogP contribution in [-0.4, -0.2) is 21.1 Å². The van der Waals surface area contributed by atoms with Gasteiger partial charge in [-0.1, -0.05) is 83.2 Å². The molecule has 28 heavy (non-hydrogen) atoms. The minimum absolute atomic E-state index is 0.815. The van der Waals surface area contributed by atoms with Crippen LogP contribution in [-0.2, 0) is 12.2 Å². The van der Waals surface area contributed by atoms with Crippen molar-refractivity contribution < 1.29 is 0 Å². The number of hydrogen-bond acceptors (Lipinski definition) is 4. The molecule has 0 spiro atoms. The SMILES string of the molecule is CCCc1nnc(SCc2ccc(Br)cc2)n1/N=C/C(C)=C\c1ccccc1. The van der Waals surface area contributed by atoms with E-state index in [4.69, 9.17) is 0 Å². The van der Waals surface area contributed by atoms with E-state index in [0.29, 0.717) is 0 Å². The van der Waals surface area contributed by atoms with Crippen LogP contribution >= 0.6 is 27.7 Å². The lowest BCUT2D eigenvalue weighted by atomic mass is 10.1. The van der Waals surface area contributed by atoms with Crippen molar-refractivity contribution in [2.75, 3.05) is 0 Å². The molecule has 6 heteroatoms. The van der Waals surface area contributed by atoms with Gasteiger partial charge < -0.3 is 0 Å². The van der Waals surface area contributed by atoms with Crippen molar-refractivity contribution in [1.82, 2.24) is 14.9 Å². The topological polar surface area (TPSA) is 43.1 Å². The van der Waals surface area contributed by atoms with Gasteiger partial charge >= 0.3 is 0 Å². The standard InChI is InChI=1S/C22H23BrN4S/c1-3-7-21-25-26-22(28-16-19-10-12-20(23)13-11-19)27(21)24-15-17(2)14-18-8-5-4-6-9-18/h4-6,8-15H,3,7,16H2,1-2H3/b17-14-,24-15+. The Balaban J connectivity index is 1.77. The van der Waals surface area contributed by atoms with Gasteiger partial charge in [-0.05, 0) is 42.2 Å². The Kier molecular flexibility index (Phi) is 7.62. The van der Waals surface area contributed by atoms with Crippen LogP contribution in [0, 0.1) is 0 Å². The van der Waals surface area contributed by atoms with Crippen LogP contribution in [0.3, 0.4) is 0 Å². The summed E-state index contributed by atoms with van der Waals surface area (Å²) >= 11 is 5.12. The molecule has 0 aliphatic rings. The summed E-state index contributed by atoms with van der Waals surface area (Å²) in [7, 11) is 0. The Morgan fingerprint density at radius 1 is 1.11 bits per heavy atom. The maximum Gasteiger partial charge on any atom is 0.212 e. The second-order valence-corrected chi connectivity index (χ2v) is 8.28. The van der Waals surface area contributed by atoms with Crippen molar-refractivity contribution in [3.8, 4) is 0 Å². The molecule has 2 aromatic carbocycles. The number of thioether (sulfide) groups is 1. The van der Waals surface area contributed by atoms with Crippen LogP contribution in [0.15, 0.2) is 74.9 Å². The van der Waals surface area contributed by atoms with Crippen molar-refractivity contribution in [2.24, 2.45) is 5.10 Å². The lowest BCUT2D eigenvalue weighted by Gasteiger charge is -2.04. The van der Waals surface area contributed by atoms with Gasteiger partial charge in [-0.2, -0.15) is 9.78 Å². The van der Waals surface area contributed by atoms with E-state index < -0.39 is 0 Å². The molecule has 3 aromatic rings. The Labute approximate surface area is 178 Å². The van der Waals surface area contributed by atoms with Crippen LogP contribution in [0.25, 0.3) is 6.08 Å². The molecule has 0 atom stereocenters. The van der Waals surface area contributed by atoms with E-state index in [-0.39, 0.29) is 0 Å². The highest BCUT2D eigenvalue weighted by Crippen LogP contribution is 2.23. The van der Waals surface area contributed by atoms with Gasteiger partial charge in [0, 0.05) is 16.6 Å². The van der Waals surface area contributed by atoms with Crippen LogP contribution in [0.5, 0.6) is 0 Å². The quantitative estimate of drug-likeness (QED) is 0.299. The number of rotatable bonds is 8. The van der Waals surface area contributed by atoms with Gasteiger partial charge in [-0.15, -0.1) is 10.2 Å². The van der Waals surface area contributed by atoms with E-state index in [1.54, 1.807) is 11.8 Å². The molecule has 1 aromatic heterocycles. The highest BCUT2D eigenvalue weighted by molar-refractivity contribution is 9.10. The maximum absolute atomic E-state index is 4.68. The molecule has 0 fully saturated rings. The smallest absolute Gasteiger partial charge is 0.191 e. The number of benzene rings is 2. The summed E-state index contributed by atoms with van der Waals surface area (Å²) in [6.45, 7) is 4.19. The van der Waals surface area contributed by atoms with E-state index >= 15 is 0 Å². The molecule has 4 nitrogen and oxygen atoms in total. The normalized spacial score (nSPS) is 12.0. The predicted octanol–water partition coefficient (Wildman–Crippen LogP) is 6.22. The molecule has 0 aliphatic heterocycles. The second-order valence-electron chi connectivity index (χ2n) is 6.42. The van der Waals surface area contributed by atoms with Gasteiger partial charge in [0.15, 0.2) is 5.82 Å². The summed E-state index contributed by atoms with van der Waals surface area (Å²) in [5.41, 5.74) is 3.48. The van der Waals surface area contributed by atoms with Gasteiger partial charge in [0.2, 0.25) is 5.16 Å². The van der Waals surface area contributed by atoms with E-state index in [1.165, 1.54) is 5.56 Å². The van der Waals surface area contributed by atoms with Crippen LogP contribution in [0.2, 0.25) is 0 Å². The molecule has 144 valence electrons. The van der Waals surface area contributed by atoms with Crippen LogP contribution in [0.4, 0.5) is 0 Å². The lowest BCUT2D eigenvalue weighted by molar-refractivity contribution is 0.700. The van der Waals surface area contributed by atoms with E-state index in [0.717, 1.165) is 45.2 Å². The average Bonchev–Trinajstić information content (AvgIpc) is 3.08. The molecule has 3 rings (SSSR count). The molecule has 0 unspecified atom stereocenters. The monoisotopic (exact) mass is 454 g/mol. The first-order valence-corrected chi connectivity index (χ1v) is 11.0. The summed E-state index contributed by atoms with van der Waals surface area (Å²) < 4.78 is 2.95. The number of hydrogen-bond donors (Lipinski definition) is 0. The molecule has 0 bridgehead atoms. The fourth-order valence-electron chi connectivity index (χ4n) is 2.61. The van der Waals surface area contributed by atoms with Gasteiger partial charge in [0.25, 0.3) is 0 Å². The highest BCUT2D eigenvalue weighted by atomic mass is 79.9. The first kappa shape index (κ1) is 20.6.